The molecule has 2 heteroatoms. The lowest BCUT2D eigenvalue weighted by Crippen LogP contribution is -2.05. The minimum Gasteiger partial charge on any atom is -0.284 e. The molecule has 0 N–H and O–H groups in total. The van der Waals surface area contributed by atoms with Gasteiger partial charge in [-0.3, -0.25) is 4.99 Å². The van der Waals surface area contributed by atoms with Gasteiger partial charge in [0.1, 0.15) is 0 Å². The van der Waals surface area contributed by atoms with Crippen LogP contribution >= 0.6 is 11.3 Å². The zero-order valence-corrected chi connectivity index (χ0v) is 14.7. The number of rotatable bonds is 4. The minimum atomic E-state index is 0.802. The molecule has 0 radical (unpaired) electrons. The molecule has 4 rings (SSSR count). The van der Waals surface area contributed by atoms with Crippen LogP contribution < -0.4 is 5.36 Å². The molecule has 0 atom stereocenters. The maximum Gasteiger partial charge on any atom is 0.0675 e. The molecule has 1 heterocycles. The van der Waals surface area contributed by atoms with Gasteiger partial charge < -0.3 is 0 Å². The van der Waals surface area contributed by atoms with Crippen LogP contribution in [0.25, 0.3) is 20.5 Å². The van der Waals surface area contributed by atoms with E-state index in [9.17, 15) is 0 Å². The molecule has 1 aromatic heterocycles. The molecule has 0 saturated heterocycles. The van der Waals surface area contributed by atoms with Crippen LogP contribution in [0.2, 0.25) is 0 Å². The zero-order chi connectivity index (χ0) is 16.9. The molecule has 1 nitrogen and oxygen atoms in total. The molecule has 0 amide bonds. The van der Waals surface area contributed by atoms with Crippen molar-refractivity contribution in [2.45, 2.75) is 6.42 Å². The Balaban J connectivity index is 1.75. The highest BCUT2D eigenvalue weighted by atomic mass is 32.1. The number of hydrogen-bond donors (Lipinski definition) is 0. The van der Waals surface area contributed by atoms with Gasteiger partial charge in [0.25, 0.3) is 0 Å². The molecular formula is C23H19NS. The first kappa shape index (κ1) is 15.8. The second kappa shape index (κ2) is 7.45. The Kier molecular flexibility index (Phi) is 4.71. The SMILES string of the molecule is c1ccc(CCN=c2cc(-c3ccccc3)sc3ccccc23)cc1. The molecule has 0 fully saturated rings. The molecule has 0 spiro atoms. The van der Waals surface area contributed by atoms with E-state index in [4.69, 9.17) is 4.99 Å². The average Bonchev–Trinajstić information content (AvgIpc) is 2.69. The summed E-state index contributed by atoms with van der Waals surface area (Å²) in [6.07, 6.45) is 0.966. The topological polar surface area (TPSA) is 12.4 Å². The fourth-order valence-corrected chi connectivity index (χ4v) is 4.03. The number of benzene rings is 3. The standard InChI is InChI=1S/C23H19NS/c1-3-9-18(10-4-1)15-16-24-21-17-23(19-11-5-2-6-12-19)25-22-14-8-7-13-20(21)22/h1-14,17H,15-16H2. The van der Waals surface area contributed by atoms with E-state index in [2.05, 4.69) is 91.0 Å². The largest absolute Gasteiger partial charge is 0.284 e. The Morgan fingerprint density at radius 3 is 2.20 bits per heavy atom. The Hall–Kier alpha value is -2.71. The van der Waals surface area contributed by atoms with Crippen LogP contribution in [0.15, 0.2) is 96.0 Å². The lowest BCUT2D eigenvalue weighted by molar-refractivity contribution is 0.939. The number of fused-ring (bicyclic) bond motifs is 1. The summed E-state index contributed by atoms with van der Waals surface area (Å²) < 4.78 is 1.28. The fraction of sp³-hybridized carbons (Fsp3) is 0.0870. The number of hydrogen-bond acceptors (Lipinski definition) is 2. The maximum atomic E-state index is 4.92. The van der Waals surface area contributed by atoms with Gasteiger partial charge >= 0.3 is 0 Å². The monoisotopic (exact) mass is 341 g/mol. The van der Waals surface area contributed by atoms with E-state index in [0.717, 1.165) is 18.3 Å². The van der Waals surface area contributed by atoms with Crippen molar-refractivity contribution in [2.24, 2.45) is 4.99 Å². The highest BCUT2D eigenvalue weighted by Crippen LogP contribution is 2.27. The summed E-state index contributed by atoms with van der Waals surface area (Å²) in [5.74, 6) is 0. The second-order valence-corrected chi connectivity index (χ2v) is 7.06. The summed E-state index contributed by atoms with van der Waals surface area (Å²) >= 11 is 1.82. The predicted molar refractivity (Wildman–Crippen MR) is 108 cm³/mol. The third kappa shape index (κ3) is 3.70. The van der Waals surface area contributed by atoms with Gasteiger partial charge in [0, 0.05) is 21.5 Å². The van der Waals surface area contributed by atoms with E-state index in [1.807, 2.05) is 11.3 Å². The summed E-state index contributed by atoms with van der Waals surface area (Å²) in [6.45, 7) is 0.802. The van der Waals surface area contributed by atoms with Crippen molar-refractivity contribution in [3.8, 4) is 10.4 Å². The van der Waals surface area contributed by atoms with E-state index < -0.39 is 0 Å². The molecule has 0 saturated carbocycles. The minimum absolute atomic E-state index is 0.802. The second-order valence-electron chi connectivity index (χ2n) is 5.98. The van der Waals surface area contributed by atoms with Gasteiger partial charge in [-0.15, -0.1) is 11.3 Å². The molecule has 122 valence electrons. The van der Waals surface area contributed by atoms with E-state index in [0.29, 0.717) is 0 Å². The van der Waals surface area contributed by atoms with Crippen molar-refractivity contribution < 1.29 is 0 Å². The van der Waals surface area contributed by atoms with Crippen molar-refractivity contribution in [2.75, 3.05) is 6.54 Å². The highest BCUT2D eigenvalue weighted by molar-refractivity contribution is 7.21. The van der Waals surface area contributed by atoms with Crippen molar-refractivity contribution in [1.82, 2.24) is 0 Å². The normalized spacial score (nSPS) is 11.8. The van der Waals surface area contributed by atoms with E-state index in [1.165, 1.54) is 26.1 Å². The summed E-state index contributed by atoms with van der Waals surface area (Å²) in [7, 11) is 0. The lowest BCUT2D eigenvalue weighted by atomic mass is 10.1. The van der Waals surface area contributed by atoms with Crippen LogP contribution in [0.5, 0.6) is 0 Å². The molecule has 25 heavy (non-hydrogen) atoms. The summed E-state index contributed by atoms with van der Waals surface area (Å²) in [5.41, 5.74) is 2.58. The molecule has 0 aliphatic carbocycles. The van der Waals surface area contributed by atoms with Crippen molar-refractivity contribution in [1.29, 1.82) is 0 Å². The third-order valence-electron chi connectivity index (χ3n) is 4.23. The Bertz CT molecular complexity index is 1030. The van der Waals surface area contributed by atoms with Crippen molar-refractivity contribution in [3.05, 3.63) is 102 Å². The van der Waals surface area contributed by atoms with Crippen LogP contribution in [0.4, 0.5) is 0 Å². The van der Waals surface area contributed by atoms with Gasteiger partial charge in [0.2, 0.25) is 0 Å². The van der Waals surface area contributed by atoms with Gasteiger partial charge in [0.05, 0.1) is 5.36 Å². The molecular weight excluding hydrogens is 322 g/mol. The molecule has 0 aliphatic heterocycles. The van der Waals surface area contributed by atoms with E-state index in [-0.39, 0.29) is 0 Å². The molecule has 0 bridgehead atoms. The predicted octanol–water partition coefficient (Wildman–Crippen LogP) is 5.71. The first-order valence-corrected chi connectivity index (χ1v) is 9.34. The smallest absolute Gasteiger partial charge is 0.0675 e. The van der Waals surface area contributed by atoms with Crippen molar-refractivity contribution in [3.63, 3.8) is 0 Å². The van der Waals surface area contributed by atoms with Crippen LogP contribution in [0.3, 0.4) is 0 Å². The Morgan fingerprint density at radius 2 is 1.40 bits per heavy atom. The molecule has 0 aliphatic rings. The average molecular weight is 341 g/mol. The van der Waals surface area contributed by atoms with Gasteiger partial charge in [-0.05, 0) is 29.7 Å². The Morgan fingerprint density at radius 1 is 0.720 bits per heavy atom. The first-order chi connectivity index (χ1) is 12.4. The summed E-state index contributed by atoms with van der Waals surface area (Å²) in [4.78, 5) is 6.18. The summed E-state index contributed by atoms with van der Waals surface area (Å²) in [5, 5.41) is 2.32. The van der Waals surface area contributed by atoms with Crippen LogP contribution in [0, 0.1) is 0 Å². The maximum absolute atomic E-state index is 4.92. The summed E-state index contributed by atoms with van der Waals surface area (Å²) in [6, 6.07) is 31.9. The molecule has 0 unspecified atom stereocenters. The van der Waals surface area contributed by atoms with Gasteiger partial charge in [0.15, 0.2) is 0 Å². The van der Waals surface area contributed by atoms with Gasteiger partial charge in [-0.25, -0.2) is 0 Å². The Labute approximate surface area is 152 Å². The quantitative estimate of drug-likeness (QED) is 0.451. The van der Waals surface area contributed by atoms with Crippen LogP contribution in [0.1, 0.15) is 5.56 Å². The van der Waals surface area contributed by atoms with E-state index >= 15 is 0 Å². The molecule has 3 aromatic carbocycles. The highest BCUT2D eigenvalue weighted by Gasteiger charge is 2.03. The zero-order valence-electron chi connectivity index (χ0n) is 13.9. The molecule has 4 aromatic rings. The first-order valence-electron chi connectivity index (χ1n) is 8.53. The van der Waals surface area contributed by atoms with Gasteiger partial charge in [-0.1, -0.05) is 78.9 Å². The van der Waals surface area contributed by atoms with Crippen LogP contribution in [-0.2, 0) is 6.42 Å². The number of nitrogens with zero attached hydrogens (tertiary/aromatic N) is 1. The lowest BCUT2D eigenvalue weighted by Gasteiger charge is -2.05. The van der Waals surface area contributed by atoms with Crippen molar-refractivity contribution >= 4 is 21.4 Å². The van der Waals surface area contributed by atoms with E-state index in [1.54, 1.807) is 0 Å². The van der Waals surface area contributed by atoms with Gasteiger partial charge in [-0.2, -0.15) is 0 Å². The third-order valence-corrected chi connectivity index (χ3v) is 5.38. The van der Waals surface area contributed by atoms with Crippen LogP contribution in [-0.4, -0.2) is 6.54 Å². The fourth-order valence-electron chi connectivity index (χ4n) is 2.94.